The van der Waals surface area contributed by atoms with Crippen molar-refractivity contribution in [1.82, 2.24) is 9.80 Å². The van der Waals surface area contributed by atoms with Crippen LogP contribution in [0.4, 0.5) is 0 Å². The van der Waals surface area contributed by atoms with Crippen LogP contribution in [0.2, 0.25) is 0 Å². The maximum atomic E-state index is 12.5. The summed E-state index contributed by atoms with van der Waals surface area (Å²) in [7, 11) is 2.05. The molecule has 2 rings (SSSR count). The number of hydrogen-bond donors (Lipinski definition) is 1. The van der Waals surface area contributed by atoms with E-state index in [1.54, 1.807) is 4.90 Å². The number of amides is 1. The van der Waals surface area contributed by atoms with Crippen LogP contribution in [0, 0.1) is 0 Å². The molecular weight excluding hydrogens is 260 g/mol. The average molecular weight is 280 g/mol. The highest BCUT2D eigenvalue weighted by atomic mass is 16.4. The maximum Gasteiger partial charge on any atom is 0.371 e. The van der Waals surface area contributed by atoms with Gasteiger partial charge in [0.1, 0.15) is 0 Å². The lowest BCUT2D eigenvalue weighted by atomic mass is 10.1. The minimum atomic E-state index is -1.16. The molecule has 1 fully saturated rings. The summed E-state index contributed by atoms with van der Waals surface area (Å²) in [4.78, 5) is 27.3. The molecule has 1 aromatic heterocycles. The summed E-state index contributed by atoms with van der Waals surface area (Å²) >= 11 is 0. The number of nitrogens with zero attached hydrogens (tertiary/aromatic N) is 2. The Bertz CT molecular complexity index is 497. The van der Waals surface area contributed by atoms with Gasteiger partial charge in [-0.25, -0.2) is 4.79 Å². The Morgan fingerprint density at radius 1 is 1.35 bits per heavy atom. The molecule has 1 aliphatic rings. The molecule has 0 aromatic carbocycles. The van der Waals surface area contributed by atoms with E-state index < -0.39 is 5.97 Å². The summed E-state index contributed by atoms with van der Waals surface area (Å²) < 4.78 is 5.12. The summed E-state index contributed by atoms with van der Waals surface area (Å²) in [6.45, 7) is 4.51. The second-order valence-electron chi connectivity index (χ2n) is 5.15. The van der Waals surface area contributed by atoms with Gasteiger partial charge < -0.3 is 19.3 Å². The first kappa shape index (κ1) is 14.6. The summed E-state index contributed by atoms with van der Waals surface area (Å²) in [5, 5.41) is 8.84. The van der Waals surface area contributed by atoms with Gasteiger partial charge in [0.15, 0.2) is 5.76 Å². The first-order chi connectivity index (χ1) is 9.52. The first-order valence-electron chi connectivity index (χ1n) is 6.85. The van der Waals surface area contributed by atoms with E-state index in [1.165, 1.54) is 12.1 Å². The molecule has 1 saturated heterocycles. The fourth-order valence-corrected chi connectivity index (χ4v) is 2.57. The molecule has 1 unspecified atom stereocenters. The molecule has 0 spiro atoms. The van der Waals surface area contributed by atoms with Gasteiger partial charge in [-0.15, -0.1) is 0 Å². The van der Waals surface area contributed by atoms with E-state index in [9.17, 15) is 9.59 Å². The molecule has 2 heterocycles. The molecule has 0 bridgehead atoms. The van der Waals surface area contributed by atoms with Crippen LogP contribution < -0.4 is 0 Å². The first-order valence-corrected chi connectivity index (χ1v) is 6.85. The number of aromatic carboxylic acids is 1. The second kappa shape index (κ2) is 6.09. The molecule has 6 heteroatoms. The van der Waals surface area contributed by atoms with Crippen LogP contribution >= 0.6 is 0 Å². The molecule has 0 aliphatic carbocycles. The van der Waals surface area contributed by atoms with Crippen molar-refractivity contribution in [2.75, 3.05) is 26.7 Å². The zero-order chi connectivity index (χ0) is 14.7. The van der Waals surface area contributed by atoms with Crippen LogP contribution in [0.15, 0.2) is 16.5 Å². The predicted molar refractivity (Wildman–Crippen MR) is 72.9 cm³/mol. The van der Waals surface area contributed by atoms with Crippen LogP contribution in [-0.4, -0.2) is 59.5 Å². The topological polar surface area (TPSA) is 74.0 Å². The monoisotopic (exact) mass is 280 g/mol. The van der Waals surface area contributed by atoms with E-state index in [2.05, 4.69) is 11.8 Å². The van der Waals surface area contributed by atoms with Gasteiger partial charge in [-0.1, -0.05) is 6.92 Å². The van der Waals surface area contributed by atoms with Crippen molar-refractivity contribution in [3.63, 3.8) is 0 Å². The zero-order valence-electron chi connectivity index (χ0n) is 11.8. The van der Waals surface area contributed by atoms with Gasteiger partial charge in [-0.2, -0.15) is 0 Å². The van der Waals surface area contributed by atoms with Crippen LogP contribution in [0.5, 0.6) is 0 Å². The van der Waals surface area contributed by atoms with E-state index in [-0.39, 0.29) is 23.5 Å². The maximum absolute atomic E-state index is 12.5. The lowest BCUT2D eigenvalue weighted by Crippen LogP contribution is -2.43. The van der Waals surface area contributed by atoms with Gasteiger partial charge in [0.25, 0.3) is 5.91 Å². The Labute approximate surface area is 118 Å². The molecule has 1 aliphatic heterocycles. The number of carbonyl (C=O) groups is 2. The Kier molecular flexibility index (Phi) is 4.44. The number of likely N-dealkylation sites (N-methyl/N-ethyl adjacent to an activating group) is 1. The number of furan rings is 1. The Morgan fingerprint density at radius 2 is 2.05 bits per heavy atom. The predicted octanol–water partition coefficient (Wildman–Crippen LogP) is 1.53. The van der Waals surface area contributed by atoms with Gasteiger partial charge in [0.2, 0.25) is 5.76 Å². The van der Waals surface area contributed by atoms with Gasteiger partial charge in [-0.3, -0.25) is 4.79 Å². The number of carbonyl (C=O) groups excluding carboxylic acids is 1. The standard InChI is InChI=1S/C14H20N2O4/c1-3-10-9-15(2)7-4-8-16(10)13(17)11-5-6-12(20-11)14(18)19/h5-6,10H,3-4,7-9H2,1-2H3,(H,18,19). The van der Waals surface area contributed by atoms with E-state index in [0.29, 0.717) is 6.54 Å². The molecule has 1 N–H and O–H groups in total. The molecule has 0 saturated carbocycles. The van der Waals surface area contributed by atoms with Gasteiger partial charge in [-0.05, 0) is 38.6 Å². The number of carboxylic acids is 1. The summed E-state index contributed by atoms with van der Waals surface area (Å²) in [5.41, 5.74) is 0. The van der Waals surface area contributed by atoms with Crippen molar-refractivity contribution in [2.24, 2.45) is 0 Å². The minimum Gasteiger partial charge on any atom is -0.475 e. The van der Waals surface area contributed by atoms with Crippen LogP contribution in [-0.2, 0) is 0 Å². The van der Waals surface area contributed by atoms with E-state index >= 15 is 0 Å². The van der Waals surface area contributed by atoms with Crippen LogP contribution in [0.1, 0.15) is 40.9 Å². The molecule has 1 atom stereocenters. The summed E-state index contributed by atoms with van der Waals surface area (Å²) in [6.07, 6.45) is 1.77. The van der Waals surface area contributed by atoms with Crippen molar-refractivity contribution < 1.29 is 19.1 Å². The highest BCUT2D eigenvalue weighted by Gasteiger charge is 2.29. The third-order valence-corrected chi connectivity index (χ3v) is 3.66. The molecule has 20 heavy (non-hydrogen) atoms. The second-order valence-corrected chi connectivity index (χ2v) is 5.15. The number of hydrogen-bond acceptors (Lipinski definition) is 4. The Hall–Kier alpha value is -1.82. The zero-order valence-corrected chi connectivity index (χ0v) is 11.8. The van der Waals surface area contributed by atoms with Crippen molar-refractivity contribution >= 4 is 11.9 Å². The van der Waals surface area contributed by atoms with Crippen molar-refractivity contribution in [3.05, 3.63) is 23.7 Å². The van der Waals surface area contributed by atoms with Gasteiger partial charge in [0, 0.05) is 19.1 Å². The highest BCUT2D eigenvalue weighted by Crippen LogP contribution is 2.17. The van der Waals surface area contributed by atoms with Gasteiger partial charge >= 0.3 is 5.97 Å². The quantitative estimate of drug-likeness (QED) is 0.909. The summed E-state index contributed by atoms with van der Waals surface area (Å²) in [6, 6.07) is 2.89. The third-order valence-electron chi connectivity index (χ3n) is 3.66. The van der Waals surface area contributed by atoms with Crippen molar-refractivity contribution in [3.8, 4) is 0 Å². The van der Waals surface area contributed by atoms with Crippen LogP contribution in [0.25, 0.3) is 0 Å². The Balaban J connectivity index is 2.18. The largest absolute Gasteiger partial charge is 0.475 e. The van der Waals surface area contributed by atoms with E-state index in [1.807, 2.05) is 7.05 Å². The van der Waals surface area contributed by atoms with Crippen molar-refractivity contribution in [1.29, 1.82) is 0 Å². The molecule has 1 amide bonds. The molecule has 0 radical (unpaired) electrons. The van der Waals surface area contributed by atoms with E-state index in [0.717, 1.165) is 25.9 Å². The molecule has 1 aromatic rings. The lowest BCUT2D eigenvalue weighted by Gasteiger charge is -2.29. The molecule has 110 valence electrons. The number of carboxylic acid groups (broad SMARTS) is 1. The van der Waals surface area contributed by atoms with E-state index in [4.69, 9.17) is 9.52 Å². The average Bonchev–Trinajstić information content (AvgIpc) is 2.83. The third kappa shape index (κ3) is 3.01. The van der Waals surface area contributed by atoms with Gasteiger partial charge in [0.05, 0.1) is 0 Å². The van der Waals surface area contributed by atoms with Crippen LogP contribution in [0.3, 0.4) is 0 Å². The SMILES string of the molecule is CCC1CN(C)CCCN1C(=O)c1ccc(C(=O)O)o1. The summed E-state index contributed by atoms with van der Waals surface area (Å²) in [5.74, 6) is -1.48. The molecular formula is C14H20N2O4. The highest BCUT2D eigenvalue weighted by molar-refractivity contribution is 5.93. The Morgan fingerprint density at radius 3 is 2.65 bits per heavy atom. The smallest absolute Gasteiger partial charge is 0.371 e. The fourth-order valence-electron chi connectivity index (χ4n) is 2.57. The molecule has 6 nitrogen and oxygen atoms in total. The minimum absolute atomic E-state index is 0.102. The fraction of sp³-hybridized carbons (Fsp3) is 0.571. The van der Waals surface area contributed by atoms with Crippen molar-refractivity contribution in [2.45, 2.75) is 25.8 Å². The normalized spacial score (nSPS) is 20.7. The lowest BCUT2D eigenvalue weighted by molar-refractivity contribution is 0.0620. The number of rotatable bonds is 3.